The molecule has 0 aliphatic carbocycles. The largest absolute Gasteiger partial charge is 0.497 e. The molecule has 0 aromatic heterocycles. The summed E-state index contributed by atoms with van der Waals surface area (Å²) in [5, 5.41) is 2.46. The van der Waals surface area contributed by atoms with Crippen molar-refractivity contribution in [1.82, 2.24) is 5.32 Å². The van der Waals surface area contributed by atoms with Crippen LogP contribution in [0, 0.1) is 0 Å². The van der Waals surface area contributed by atoms with Crippen molar-refractivity contribution in [2.75, 3.05) is 14.2 Å². The number of hydrogen-bond acceptors (Lipinski definition) is 3. The fourth-order valence-corrected chi connectivity index (χ4v) is 5.15. The van der Waals surface area contributed by atoms with E-state index in [1.165, 1.54) is 5.56 Å². The molecule has 0 aliphatic rings. The standard InChI is InChI=1S/C25H27NO3S/c1-26-25(27)22-12-6-7-13-24(22)30(28)23(20-10-4-3-5-11-20)14-8-9-19-15-17-21(29-2)18-16-19/h3-7,10-13,15-18,23H,8-9,14H2,1-2H3,(H,26,27)/t23-,30?/m1/s1. The van der Waals surface area contributed by atoms with Crippen molar-refractivity contribution in [3.8, 4) is 5.75 Å². The highest BCUT2D eigenvalue weighted by molar-refractivity contribution is 7.85. The molecule has 1 amide bonds. The number of methoxy groups -OCH3 is 1. The van der Waals surface area contributed by atoms with E-state index in [9.17, 15) is 9.00 Å². The first kappa shape index (κ1) is 21.8. The molecule has 0 bridgehead atoms. The summed E-state index contributed by atoms with van der Waals surface area (Å²) in [7, 11) is 1.90. The highest BCUT2D eigenvalue weighted by Crippen LogP contribution is 2.31. The second-order valence-corrected chi connectivity index (χ2v) is 8.62. The van der Waals surface area contributed by atoms with Crippen LogP contribution in [0.15, 0.2) is 83.8 Å². The number of amides is 1. The minimum Gasteiger partial charge on any atom is -0.497 e. The summed E-state index contributed by atoms with van der Waals surface area (Å²) in [4.78, 5) is 12.9. The van der Waals surface area contributed by atoms with Gasteiger partial charge in [-0.25, -0.2) is 0 Å². The van der Waals surface area contributed by atoms with E-state index in [0.717, 1.165) is 30.6 Å². The van der Waals surface area contributed by atoms with Crippen molar-refractivity contribution >= 4 is 16.7 Å². The van der Waals surface area contributed by atoms with Crippen molar-refractivity contribution in [2.24, 2.45) is 0 Å². The van der Waals surface area contributed by atoms with Gasteiger partial charge in [-0.15, -0.1) is 0 Å². The van der Waals surface area contributed by atoms with Crippen molar-refractivity contribution in [3.05, 3.63) is 95.6 Å². The van der Waals surface area contributed by atoms with Crippen LogP contribution in [-0.4, -0.2) is 24.3 Å². The van der Waals surface area contributed by atoms with Crippen molar-refractivity contribution in [1.29, 1.82) is 0 Å². The Morgan fingerprint density at radius 1 is 0.967 bits per heavy atom. The van der Waals surface area contributed by atoms with Gasteiger partial charge in [0.15, 0.2) is 0 Å². The Bertz CT molecular complexity index is 987. The Hall–Kier alpha value is -2.92. The Labute approximate surface area is 180 Å². The molecule has 3 rings (SSSR count). The van der Waals surface area contributed by atoms with Crippen LogP contribution in [0.25, 0.3) is 0 Å². The fourth-order valence-electron chi connectivity index (χ4n) is 3.47. The molecule has 0 heterocycles. The van der Waals surface area contributed by atoms with Gasteiger partial charge in [0.2, 0.25) is 0 Å². The smallest absolute Gasteiger partial charge is 0.252 e. The van der Waals surface area contributed by atoms with Crippen molar-refractivity contribution in [3.63, 3.8) is 0 Å². The number of nitrogens with one attached hydrogen (secondary N) is 1. The Morgan fingerprint density at radius 2 is 1.63 bits per heavy atom. The molecule has 0 fully saturated rings. The fraction of sp³-hybridized carbons (Fsp3) is 0.240. The van der Waals surface area contributed by atoms with Crippen LogP contribution in [0.5, 0.6) is 5.75 Å². The molecule has 30 heavy (non-hydrogen) atoms. The lowest BCUT2D eigenvalue weighted by Crippen LogP contribution is -2.21. The Morgan fingerprint density at radius 3 is 2.30 bits per heavy atom. The first-order chi connectivity index (χ1) is 14.6. The van der Waals surface area contributed by atoms with E-state index in [2.05, 4.69) is 17.4 Å². The predicted octanol–water partition coefficient (Wildman–Crippen LogP) is 4.93. The summed E-state index contributed by atoms with van der Waals surface area (Å²) < 4.78 is 18.8. The van der Waals surface area contributed by atoms with E-state index in [-0.39, 0.29) is 11.2 Å². The first-order valence-electron chi connectivity index (χ1n) is 10.0. The lowest BCUT2D eigenvalue weighted by molar-refractivity contribution is 0.0960. The van der Waals surface area contributed by atoms with Crippen LogP contribution in [0.2, 0.25) is 0 Å². The van der Waals surface area contributed by atoms with Gasteiger partial charge in [-0.3, -0.25) is 9.00 Å². The van der Waals surface area contributed by atoms with Crippen LogP contribution in [0.3, 0.4) is 0 Å². The molecule has 4 nitrogen and oxygen atoms in total. The van der Waals surface area contributed by atoms with E-state index in [0.29, 0.717) is 10.5 Å². The van der Waals surface area contributed by atoms with Gasteiger partial charge in [0, 0.05) is 7.05 Å². The highest BCUT2D eigenvalue weighted by Gasteiger charge is 2.24. The molecule has 1 unspecified atom stereocenters. The second-order valence-electron chi connectivity index (χ2n) is 7.01. The monoisotopic (exact) mass is 421 g/mol. The minimum atomic E-state index is -1.35. The third kappa shape index (κ3) is 5.36. The molecule has 1 N–H and O–H groups in total. The van der Waals surface area contributed by atoms with Gasteiger partial charge >= 0.3 is 0 Å². The zero-order chi connectivity index (χ0) is 21.3. The van der Waals surface area contributed by atoms with Gasteiger partial charge in [-0.05, 0) is 54.7 Å². The summed E-state index contributed by atoms with van der Waals surface area (Å²) >= 11 is 0. The average molecular weight is 422 g/mol. The van der Waals surface area contributed by atoms with Gasteiger partial charge in [-0.1, -0.05) is 54.6 Å². The van der Waals surface area contributed by atoms with Crippen LogP contribution < -0.4 is 10.1 Å². The second kappa shape index (κ2) is 10.7. The molecular weight excluding hydrogens is 394 g/mol. The number of benzene rings is 3. The summed E-state index contributed by atoms with van der Waals surface area (Å²) in [6.45, 7) is 0. The lowest BCUT2D eigenvalue weighted by Gasteiger charge is -2.19. The predicted molar refractivity (Wildman–Crippen MR) is 121 cm³/mol. The molecule has 2 atom stereocenters. The number of hydrogen-bond donors (Lipinski definition) is 1. The molecule has 0 saturated heterocycles. The van der Waals surface area contributed by atoms with Gasteiger partial charge in [0.1, 0.15) is 5.75 Å². The third-order valence-electron chi connectivity index (χ3n) is 5.10. The summed E-state index contributed by atoms with van der Waals surface area (Å²) in [5.74, 6) is 0.622. The molecule has 156 valence electrons. The topological polar surface area (TPSA) is 55.4 Å². The maximum absolute atomic E-state index is 13.6. The molecule has 0 radical (unpaired) electrons. The van der Waals surface area contributed by atoms with E-state index in [1.807, 2.05) is 48.5 Å². The van der Waals surface area contributed by atoms with Crippen LogP contribution in [0.1, 0.15) is 39.6 Å². The third-order valence-corrected chi connectivity index (χ3v) is 6.91. The molecule has 3 aromatic rings. The van der Waals surface area contributed by atoms with Gasteiger partial charge in [0.25, 0.3) is 5.91 Å². The number of carbonyl (C=O) groups is 1. The molecule has 0 saturated carbocycles. The molecule has 3 aromatic carbocycles. The number of carbonyl (C=O) groups excluding carboxylic acids is 1. The number of rotatable bonds is 9. The summed E-state index contributed by atoms with van der Waals surface area (Å²) in [6, 6.07) is 25.1. The Kier molecular flexibility index (Phi) is 7.80. The van der Waals surface area contributed by atoms with E-state index in [4.69, 9.17) is 4.74 Å². The highest BCUT2D eigenvalue weighted by atomic mass is 32.2. The molecular formula is C25H27NO3S. The zero-order valence-corrected chi connectivity index (χ0v) is 18.2. The lowest BCUT2D eigenvalue weighted by atomic mass is 10.0. The van der Waals surface area contributed by atoms with E-state index < -0.39 is 10.8 Å². The maximum Gasteiger partial charge on any atom is 0.252 e. The maximum atomic E-state index is 13.6. The summed E-state index contributed by atoms with van der Waals surface area (Å²) in [5.41, 5.74) is 2.71. The Balaban J connectivity index is 1.81. The number of ether oxygens (including phenoxy) is 1. The van der Waals surface area contributed by atoms with Gasteiger partial charge in [-0.2, -0.15) is 0 Å². The first-order valence-corrected chi connectivity index (χ1v) is 11.2. The van der Waals surface area contributed by atoms with Gasteiger partial charge in [0.05, 0.1) is 33.6 Å². The van der Waals surface area contributed by atoms with Crippen LogP contribution >= 0.6 is 0 Å². The minimum absolute atomic E-state index is 0.185. The van der Waals surface area contributed by atoms with Crippen molar-refractivity contribution < 1.29 is 13.7 Å². The number of aryl methyl sites for hydroxylation is 1. The average Bonchev–Trinajstić information content (AvgIpc) is 2.82. The molecule has 0 spiro atoms. The van der Waals surface area contributed by atoms with Crippen molar-refractivity contribution in [2.45, 2.75) is 29.4 Å². The molecule has 0 aliphatic heterocycles. The quantitative estimate of drug-likeness (QED) is 0.533. The van der Waals surface area contributed by atoms with Crippen LogP contribution in [0.4, 0.5) is 0 Å². The van der Waals surface area contributed by atoms with Crippen LogP contribution in [-0.2, 0) is 17.2 Å². The summed E-state index contributed by atoms with van der Waals surface area (Å²) in [6.07, 6.45) is 2.53. The SMILES string of the molecule is CNC(=O)c1ccccc1S(=O)[C@H](CCCc1ccc(OC)cc1)c1ccccc1. The van der Waals surface area contributed by atoms with E-state index in [1.54, 1.807) is 32.4 Å². The zero-order valence-electron chi connectivity index (χ0n) is 17.3. The van der Waals surface area contributed by atoms with E-state index >= 15 is 0 Å². The molecule has 5 heteroatoms. The van der Waals surface area contributed by atoms with Gasteiger partial charge < -0.3 is 10.1 Å². The normalized spacial score (nSPS) is 12.7.